The molecule has 4 aliphatic rings. The van der Waals surface area contributed by atoms with Crippen LogP contribution in [0.25, 0.3) is 0 Å². The minimum Gasteiger partial charge on any atom is -0.392 e. The Kier molecular flexibility index (Phi) is 3.18. The lowest BCUT2D eigenvalue weighted by Gasteiger charge is -2.57. The maximum absolute atomic E-state index is 11.8. The molecule has 0 aromatic rings. The fourth-order valence-corrected chi connectivity index (χ4v) is 6.90. The predicted octanol–water partition coefficient (Wildman–Crippen LogP) is 4.13. The lowest BCUT2D eigenvalue weighted by molar-refractivity contribution is -0.118. The van der Waals surface area contributed by atoms with E-state index < -0.39 is 0 Å². The van der Waals surface area contributed by atoms with Crippen molar-refractivity contribution in [3.63, 3.8) is 0 Å². The van der Waals surface area contributed by atoms with Gasteiger partial charge in [0, 0.05) is 6.42 Å². The van der Waals surface area contributed by atoms with E-state index in [-0.39, 0.29) is 16.9 Å². The van der Waals surface area contributed by atoms with Crippen molar-refractivity contribution in [2.75, 3.05) is 0 Å². The topological polar surface area (TPSA) is 37.3 Å². The maximum Gasteiger partial charge on any atom is 0.155 e. The monoisotopic (exact) mass is 302 g/mol. The summed E-state index contributed by atoms with van der Waals surface area (Å²) >= 11 is 0. The summed E-state index contributed by atoms with van der Waals surface area (Å²) in [6, 6.07) is 0. The molecule has 0 heterocycles. The number of rotatable bonds is 0. The van der Waals surface area contributed by atoms with Gasteiger partial charge in [-0.25, -0.2) is 0 Å². The van der Waals surface area contributed by atoms with Gasteiger partial charge in [-0.1, -0.05) is 26.3 Å². The molecule has 0 unspecified atom stereocenters. The van der Waals surface area contributed by atoms with Crippen molar-refractivity contribution in [2.45, 2.75) is 71.8 Å². The van der Waals surface area contributed by atoms with Gasteiger partial charge in [-0.15, -0.1) is 0 Å². The normalized spacial score (nSPS) is 54.3. The summed E-state index contributed by atoms with van der Waals surface area (Å²) in [4.78, 5) is 11.8. The van der Waals surface area contributed by atoms with Gasteiger partial charge in [0.05, 0.1) is 6.10 Å². The molecule has 0 aromatic carbocycles. The largest absolute Gasteiger partial charge is 0.392 e. The predicted molar refractivity (Wildman–Crippen MR) is 87.3 cm³/mol. The molecule has 0 bridgehead atoms. The van der Waals surface area contributed by atoms with Crippen molar-refractivity contribution in [3.05, 3.63) is 11.6 Å². The molecule has 0 aromatic heterocycles. The average Bonchev–Trinajstić information content (AvgIpc) is 2.72. The minimum atomic E-state index is -0.115. The molecule has 0 saturated heterocycles. The van der Waals surface area contributed by atoms with E-state index in [1.807, 2.05) is 6.08 Å². The fourth-order valence-electron chi connectivity index (χ4n) is 6.90. The number of hydrogen-bond acceptors (Lipinski definition) is 2. The van der Waals surface area contributed by atoms with Crippen molar-refractivity contribution in [3.8, 4) is 0 Å². The fraction of sp³-hybridized carbons (Fsp3) is 0.850. The summed E-state index contributed by atoms with van der Waals surface area (Å²) in [6.07, 6.45) is 9.62. The molecule has 3 fully saturated rings. The molecule has 4 aliphatic carbocycles. The van der Waals surface area contributed by atoms with E-state index in [1.165, 1.54) is 31.3 Å². The third-order valence-corrected chi connectivity index (χ3v) is 8.24. The highest BCUT2D eigenvalue weighted by atomic mass is 16.3. The van der Waals surface area contributed by atoms with Crippen LogP contribution in [0.15, 0.2) is 11.6 Å². The molecular formula is C20H30O2. The van der Waals surface area contributed by atoms with Gasteiger partial charge in [-0.05, 0) is 79.1 Å². The van der Waals surface area contributed by atoms with Gasteiger partial charge in [0.2, 0.25) is 0 Å². The van der Waals surface area contributed by atoms with Gasteiger partial charge < -0.3 is 5.11 Å². The summed E-state index contributed by atoms with van der Waals surface area (Å²) in [5, 5.41) is 10.7. The maximum atomic E-state index is 11.8. The van der Waals surface area contributed by atoms with Crippen LogP contribution in [0.2, 0.25) is 0 Å². The minimum absolute atomic E-state index is 0.115. The Balaban J connectivity index is 1.69. The highest BCUT2D eigenvalue weighted by Gasteiger charge is 2.60. The zero-order valence-corrected chi connectivity index (χ0v) is 14.3. The molecule has 0 aliphatic heterocycles. The number of allylic oxidation sites excluding steroid dienone is 1. The van der Waals surface area contributed by atoms with Crippen LogP contribution in [0.1, 0.15) is 65.7 Å². The third kappa shape index (κ3) is 1.79. The highest BCUT2D eigenvalue weighted by molar-refractivity contribution is 5.91. The van der Waals surface area contributed by atoms with E-state index >= 15 is 0 Å². The summed E-state index contributed by atoms with van der Waals surface area (Å²) in [7, 11) is 0. The molecule has 0 amide bonds. The molecule has 2 heteroatoms. The molecule has 3 saturated carbocycles. The Morgan fingerprint density at radius 2 is 1.91 bits per heavy atom. The first-order chi connectivity index (χ1) is 10.4. The Bertz CT molecular complexity index is 536. The van der Waals surface area contributed by atoms with E-state index in [2.05, 4.69) is 20.8 Å². The summed E-state index contributed by atoms with van der Waals surface area (Å²) < 4.78 is 0. The number of carbonyl (C=O) groups excluding carboxylic acids is 1. The van der Waals surface area contributed by atoms with Crippen molar-refractivity contribution in [1.82, 2.24) is 0 Å². The lowest BCUT2D eigenvalue weighted by Crippen LogP contribution is -2.51. The van der Waals surface area contributed by atoms with Gasteiger partial charge in [-0.3, -0.25) is 4.79 Å². The number of aliphatic hydroxyl groups is 1. The molecule has 22 heavy (non-hydrogen) atoms. The zero-order valence-electron chi connectivity index (χ0n) is 14.3. The first kappa shape index (κ1) is 14.9. The van der Waals surface area contributed by atoms with Gasteiger partial charge in [0.25, 0.3) is 0 Å². The Labute approximate surface area is 134 Å². The van der Waals surface area contributed by atoms with Crippen molar-refractivity contribution in [1.29, 1.82) is 0 Å². The summed E-state index contributed by atoms with van der Waals surface area (Å²) in [5.41, 5.74) is 1.85. The van der Waals surface area contributed by atoms with Crippen molar-refractivity contribution in [2.24, 2.45) is 34.5 Å². The number of ketones is 1. The second-order valence-corrected chi connectivity index (χ2v) is 9.17. The van der Waals surface area contributed by atoms with Gasteiger partial charge in [0.1, 0.15) is 0 Å². The van der Waals surface area contributed by atoms with E-state index in [9.17, 15) is 9.90 Å². The molecule has 1 N–H and O–H groups in total. The molecule has 0 radical (unpaired) electrons. The SMILES string of the molecule is C[C@H]1C[C@H]2[C@@H]3CCC4=CC(=O)CC[C@]4(C)[C@H]3CC[C@]2(C)[C@@H]1O. The Hall–Kier alpha value is -0.630. The Morgan fingerprint density at radius 1 is 1.14 bits per heavy atom. The van der Waals surface area contributed by atoms with Crippen molar-refractivity contribution >= 4 is 5.78 Å². The number of fused-ring (bicyclic) bond motifs is 5. The highest BCUT2D eigenvalue weighted by Crippen LogP contribution is 2.65. The van der Waals surface area contributed by atoms with Crippen LogP contribution in [0.3, 0.4) is 0 Å². The zero-order chi connectivity index (χ0) is 15.7. The van der Waals surface area contributed by atoms with Gasteiger partial charge >= 0.3 is 0 Å². The van der Waals surface area contributed by atoms with Crippen LogP contribution in [0.4, 0.5) is 0 Å². The van der Waals surface area contributed by atoms with Crippen LogP contribution in [-0.4, -0.2) is 17.0 Å². The summed E-state index contributed by atoms with van der Waals surface area (Å²) in [5.74, 6) is 2.97. The third-order valence-electron chi connectivity index (χ3n) is 8.24. The Morgan fingerprint density at radius 3 is 2.68 bits per heavy atom. The molecule has 0 spiro atoms. The molecule has 122 valence electrons. The lowest BCUT2D eigenvalue weighted by atomic mass is 9.47. The number of carbonyl (C=O) groups is 1. The smallest absolute Gasteiger partial charge is 0.155 e. The van der Waals surface area contributed by atoms with E-state index in [0.717, 1.165) is 31.1 Å². The summed E-state index contributed by atoms with van der Waals surface area (Å²) in [6.45, 7) is 7.01. The second kappa shape index (κ2) is 4.69. The number of aliphatic hydroxyl groups excluding tert-OH is 1. The first-order valence-corrected chi connectivity index (χ1v) is 9.28. The van der Waals surface area contributed by atoms with E-state index in [4.69, 9.17) is 0 Å². The van der Waals surface area contributed by atoms with Crippen LogP contribution < -0.4 is 0 Å². The second-order valence-electron chi connectivity index (χ2n) is 9.17. The molecule has 4 rings (SSSR count). The standard InChI is InChI=1S/C20H30O2/c1-12-10-17-15-5-4-13-11-14(21)6-8-19(13,2)16(15)7-9-20(17,3)18(12)22/h11-12,15-18,22H,4-10H2,1-3H3/t12-,15+,16-,17-,18+,19-,20-/m0/s1. The quantitative estimate of drug-likeness (QED) is 0.730. The van der Waals surface area contributed by atoms with E-state index in [1.54, 1.807) is 0 Å². The van der Waals surface area contributed by atoms with E-state index in [0.29, 0.717) is 17.6 Å². The molecular weight excluding hydrogens is 272 g/mol. The van der Waals surface area contributed by atoms with Gasteiger partial charge in [0.15, 0.2) is 5.78 Å². The van der Waals surface area contributed by atoms with Crippen LogP contribution in [-0.2, 0) is 4.79 Å². The van der Waals surface area contributed by atoms with Crippen molar-refractivity contribution < 1.29 is 9.90 Å². The number of hydrogen-bond donors (Lipinski definition) is 1. The van der Waals surface area contributed by atoms with Gasteiger partial charge in [-0.2, -0.15) is 0 Å². The van der Waals surface area contributed by atoms with Crippen LogP contribution in [0.5, 0.6) is 0 Å². The average molecular weight is 302 g/mol. The first-order valence-electron chi connectivity index (χ1n) is 9.28. The molecule has 7 atom stereocenters. The molecule has 2 nitrogen and oxygen atoms in total. The van der Waals surface area contributed by atoms with Crippen LogP contribution >= 0.6 is 0 Å². The van der Waals surface area contributed by atoms with Crippen LogP contribution in [0, 0.1) is 34.5 Å².